The van der Waals surface area contributed by atoms with E-state index in [0.717, 1.165) is 41.1 Å². The number of para-hydroxylation sites is 1. The average molecular weight is 536 g/mol. The number of carboxylic acids is 1. The van der Waals surface area contributed by atoms with Crippen molar-refractivity contribution in [3.63, 3.8) is 0 Å². The van der Waals surface area contributed by atoms with Gasteiger partial charge in [-0.25, -0.2) is 4.68 Å². The fourth-order valence-corrected chi connectivity index (χ4v) is 5.22. The van der Waals surface area contributed by atoms with Gasteiger partial charge >= 0.3 is 5.97 Å². The molecule has 2 heterocycles. The fourth-order valence-electron chi connectivity index (χ4n) is 3.92. The normalized spacial score (nSPS) is 14.5. The van der Waals surface area contributed by atoms with Gasteiger partial charge < -0.3 is 9.84 Å². The summed E-state index contributed by atoms with van der Waals surface area (Å²) in [6.07, 6.45) is 6.87. The summed E-state index contributed by atoms with van der Waals surface area (Å²) in [7, 11) is 0. The van der Waals surface area contributed by atoms with Crippen molar-refractivity contribution in [2.75, 3.05) is 13.2 Å². The minimum Gasteiger partial charge on any atom is -0.494 e. The highest BCUT2D eigenvalue weighted by Crippen LogP contribution is 2.35. The molecule has 0 unspecified atom stereocenters. The Labute approximate surface area is 226 Å². The molecule has 4 rings (SSSR count). The summed E-state index contributed by atoms with van der Waals surface area (Å²) in [6.45, 7) is 3.21. The van der Waals surface area contributed by atoms with E-state index in [1.54, 1.807) is 4.90 Å². The molecule has 1 aliphatic heterocycles. The molecule has 1 aromatic heterocycles. The van der Waals surface area contributed by atoms with Crippen LogP contribution < -0.4 is 4.74 Å². The van der Waals surface area contributed by atoms with E-state index in [2.05, 4.69) is 6.92 Å². The number of nitrogens with zero attached hydrogens (tertiary/aromatic N) is 3. The first-order chi connectivity index (χ1) is 18.0. The van der Waals surface area contributed by atoms with Gasteiger partial charge in [-0.15, -0.1) is 0 Å². The molecular formula is C28H29N3O4S2. The van der Waals surface area contributed by atoms with Crippen LogP contribution in [0.25, 0.3) is 23.0 Å². The van der Waals surface area contributed by atoms with Crippen LogP contribution in [0.1, 0.15) is 44.6 Å². The fraction of sp³-hybridized carbons (Fsp3) is 0.286. The predicted molar refractivity (Wildman–Crippen MR) is 151 cm³/mol. The number of aromatic nitrogens is 2. The molecule has 0 aliphatic carbocycles. The molecule has 1 saturated heterocycles. The van der Waals surface area contributed by atoms with Gasteiger partial charge in [0.2, 0.25) is 0 Å². The van der Waals surface area contributed by atoms with Gasteiger partial charge in [-0.2, -0.15) is 5.10 Å². The van der Waals surface area contributed by atoms with Crippen molar-refractivity contribution in [3.05, 3.63) is 71.3 Å². The van der Waals surface area contributed by atoms with E-state index in [-0.39, 0.29) is 12.3 Å². The van der Waals surface area contributed by atoms with Gasteiger partial charge in [-0.3, -0.25) is 14.5 Å². The molecule has 0 spiro atoms. The molecule has 37 heavy (non-hydrogen) atoms. The van der Waals surface area contributed by atoms with Crippen LogP contribution in [0.15, 0.2) is 65.7 Å². The maximum absolute atomic E-state index is 13.2. The lowest BCUT2D eigenvalue weighted by molar-refractivity contribution is -0.137. The number of unbranched alkanes of at least 4 members (excludes halogenated alkanes) is 2. The van der Waals surface area contributed by atoms with Gasteiger partial charge in [0, 0.05) is 30.3 Å². The van der Waals surface area contributed by atoms with E-state index in [1.165, 1.54) is 11.8 Å². The predicted octanol–water partition coefficient (Wildman–Crippen LogP) is 6.17. The minimum absolute atomic E-state index is 0.130. The van der Waals surface area contributed by atoms with E-state index < -0.39 is 5.97 Å². The molecule has 9 heteroatoms. The van der Waals surface area contributed by atoms with Crippen molar-refractivity contribution in [3.8, 4) is 22.7 Å². The molecule has 192 valence electrons. The third-order valence-electron chi connectivity index (χ3n) is 5.80. The number of hydrogen-bond donors (Lipinski definition) is 1. The molecule has 1 fully saturated rings. The zero-order chi connectivity index (χ0) is 26.2. The van der Waals surface area contributed by atoms with Gasteiger partial charge in [0.15, 0.2) is 0 Å². The van der Waals surface area contributed by atoms with Crippen molar-refractivity contribution >= 4 is 46.3 Å². The Bertz CT molecular complexity index is 1290. The van der Waals surface area contributed by atoms with Gasteiger partial charge in [-0.05, 0) is 61.7 Å². The molecule has 0 radical (unpaired) electrons. The van der Waals surface area contributed by atoms with Crippen LogP contribution >= 0.6 is 24.0 Å². The highest BCUT2D eigenvalue weighted by molar-refractivity contribution is 8.26. The monoisotopic (exact) mass is 535 g/mol. The van der Waals surface area contributed by atoms with Crippen LogP contribution in [0.5, 0.6) is 5.75 Å². The van der Waals surface area contributed by atoms with Crippen LogP contribution in [0, 0.1) is 0 Å². The second-order valence-electron chi connectivity index (χ2n) is 8.62. The van der Waals surface area contributed by atoms with Crippen LogP contribution in [0.3, 0.4) is 0 Å². The number of hydrogen-bond acceptors (Lipinski definition) is 6. The van der Waals surface area contributed by atoms with Crippen molar-refractivity contribution in [1.29, 1.82) is 0 Å². The molecule has 3 aromatic rings. The van der Waals surface area contributed by atoms with E-state index in [9.17, 15) is 9.59 Å². The van der Waals surface area contributed by atoms with Crippen LogP contribution in [-0.2, 0) is 9.59 Å². The third-order valence-corrected chi connectivity index (χ3v) is 7.17. The molecule has 7 nitrogen and oxygen atoms in total. The van der Waals surface area contributed by atoms with E-state index in [0.29, 0.717) is 35.2 Å². The summed E-state index contributed by atoms with van der Waals surface area (Å²) in [5, 5.41) is 13.6. The quantitative estimate of drug-likeness (QED) is 0.169. The first-order valence-electron chi connectivity index (χ1n) is 12.3. The highest BCUT2D eigenvalue weighted by Gasteiger charge is 2.32. The van der Waals surface area contributed by atoms with E-state index >= 15 is 0 Å². The number of rotatable bonds is 12. The van der Waals surface area contributed by atoms with E-state index in [4.69, 9.17) is 27.2 Å². The molecule has 1 aliphatic rings. The number of thiocarbonyl (C=S) groups is 1. The lowest BCUT2D eigenvalue weighted by Gasteiger charge is -2.13. The van der Waals surface area contributed by atoms with Crippen LogP contribution in [0.2, 0.25) is 0 Å². The number of ether oxygens (including phenoxy) is 1. The second-order valence-corrected chi connectivity index (χ2v) is 10.3. The second kappa shape index (κ2) is 12.7. The summed E-state index contributed by atoms with van der Waals surface area (Å²) >= 11 is 6.77. The number of thioether (sulfide) groups is 1. The third kappa shape index (κ3) is 6.87. The Kier molecular flexibility index (Phi) is 9.14. The average Bonchev–Trinajstić information content (AvgIpc) is 3.44. The minimum atomic E-state index is -0.802. The Morgan fingerprint density at radius 3 is 2.57 bits per heavy atom. The number of amides is 1. The van der Waals surface area contributed by atoms with Gasteiger partial charge in [0.25, 0.3) is 5.91 Å². The van der Waals surface area contributed by atoms with Crippen molar-refractivity contribution in [2.24, 2.45) is 0 Å². The largest absolute Gasteiger partial charge is 0.494 e. The molecule has 0 bridgehead atoms. The Balaban J connectivity index is 1.58. The van der Waals surface area contributed by atoms with Gasteiger partial charge in [0.05, 0.1) is 22.9 Å². The first-order valence-corrected chi connectivity index (χ1v) is 13.5. The molecule has 0 saturated carbocycles. The van der Waals surface area contributed by atoms with Gasteiger partial charge in [-0.1, -0.05) is 55.5 Å². The zero-order valence-electron chi connectivity index (χ0n) is 20.6. The number of aliphatic carboxylic acids is 1. The van der Waals surface area contributed by atoms with Gasteiger partial charge in [0.1, 0.15) is 10.1 Å². The molecule has 0 atom stereocenters. The Hall–Kier alpha value is -3.43. The van der Waals surface area contributed by atoms with Crippen molar-refractivity contribution in [2.45, 2.75) is 39.0 Å². The van der Waals surface area contributed by atoms with Crippen molar-refractivity contribution < 1.29 is 19.4 Å². The molecule has 1 N–H and O–H groups in total. The van der Waals surface area contributed by atoms with Crippen LogP contribution in [0.4, 0.5) is 0 Å². The summed E-state index contributed by atoms with van der Waals surface area (Å²) in [5.74, 6) is -0.127. The first kappa shape index (κ1) is 26.6. The molecular weight excluding hydrogens is 506 g/mol. The number of carbonyl (C=O) groups excluding carboxylic acids is 1. The maximum atomic E-state index is 13.2. The summed E-state index contributed by atoms with van der Waals surface area (Å²) in [5.41, 5.74) is 3.40. The standard InChI is InChI=1S/C28H29N3O4S2/c1-2-17-35-23-14-12-20(13-15-23)26-21(19-31(29-26)22-9-5-3-6-10-22)18-24-27(34)30(28(36)37-24)16-8-4-7-11-25(32)33/h3,5-6,9-10,12-15,18-19H,2,4,7-8,11,16-17H2,1H3,(H,32,33)/b24-18-. The van der Waals surface area contributed by atoms with Crippen LogP contribution in [-0.4, -0.2) is 49.1 Å². The SMILES string of the molecule is CCCOc1ccc(-c2nn(-c3ccccc3)cc2/C=C2\SC(=S)N(CCCCCC(=O)O)C2=O)cc1. The Morgan fingerprint density at radius 1 is 1.11 bits per heavy atom. The lowest BCUT2D eigenvalue weighted by Crippen LogP contribution is -2.29. The maximum Gasteiger partial charge on any atom is 0.303 e. The van der Waals surface area contributed by atoms with E-state index in [1.807, 2.05) is 71.6 Å². The zero-order valence-corrected chi connectivity index (χ0v) is 22.3. The molecule has 2 aromatic carbocycles. The lowest BCUT2D eigenvalue weighted by atomic mass is 10.1. The number of carboxylic acid groups (broad SMARTS) is 1. The highest BCUT2D eigenvalue weighted by atomic mass is 32.2. The number of carbonyl (C=O) groups is 2. The molecule has 1 amide bonds. The summed E-state index contributed by atoms with van der Waals surface area (Å²) < 4.78 is 8.05. The van der Waals surface area contributed by atoms with Crippen molar-refractivity contribution in [1.82, 2.24) is 14.7 Å². The Morgan fingerprint density at radius 2 is 1.86 bits per heavy atom. The number of benzene rings is 2. The summed E-state index contributed by atoms with van der Waals surface area (Å²) in [4.78, 5) is 26.0. The summed E-state index contributed by atoms with van der Waals surface area (Å²) in [6, 6.07) is 17.6. The topological polar surface area (TPSA) is 84.7 Å². The smallest absolute Gasteiger partial charge is 0.303 e.